The number of benzene rings is 1. The average molecular weight is 181 g/mol. The summed E-state index contributed by atoms with van der Waals surface area (Å²) in [6.07, 6.45) is 0.758. The van der Waals surface area contributed by atoms with Crippen LogP contribution in [0.4, 0.5) is 4.39 Å². The number of nitrogens with zero attached hydrogens (tertiary/aromatic N) is 1. The lowest BCUT2D eigenvalue weighted by molar-refractivity contribution is -0.118. The van der Waals surface area contributed by atoms with Gasteiger partial charge < -0.3 is 4.90 Å². The molecule has 0 N–H and O–H groups in total. The van der Waals surface area contributed by atoms with Crippen molar-refractivity contribution in [3.05, 3.63) is 35.6 Å². The smallest absolute Gasteiger partial charge is 0.209 e. The molecule has 13 heavy (non-hydrogen) atoms. The number of hydrogen-bond acceptors (Lipinski definition) is 1. The van der Waals surface area contributed by atoms with Crippen molar-refractivity contribution < 1.29 is 9.18 Å². The Bertz CT molecular complexity index is 283. The molecule has 0 saturated heterocycles. The molecule has 70 valence electrons. The van der Waals surface area contributed by atoms with Crippen LogP contribution in [0.2, 0.25) is 0 Å². The summed E-state index contributed by atoms with van der Waals surface area (Å²) in [7, 11) is 1.70. The molecule has 0 heterocycles. The van der Waals surface area contributed by atoms with Gasteiger partial charge in [0.2, 0.25) is 6.41 Å². The Morgan fingerprint density at radius 1 is 1.38 bits per heavy atom. The molecule has 2 nitrogen and oxygen atoms in total. The minimum atomic E-state index is -0.260. The van der Waals surface area contributed by atoms with Crippen molar-refractivity contribution in [1.29, 1.82) is 0 Å². The highest BCUT2D eigenvalue weighted by Crippen LogP contribution is 2.17. The van der Waals surface area contributed by atoms with Crippen LogP contribution in [0.3, 0.4) is 0 Å². The van der Waals surface area contributed by atoms with Crippen LogP contribution >= 0.6 is 0 Å². The van der Waals surface area contributed by atoms with Crippen LogP contribution in [0.5, 0.6) is 0 Å². The van der Waals surface area contributed by atoms with E-state index in [0.29, 0.717) is 0 Å². The number of amides is 1. The zero-order chi connectivity index (χ0) is 9.84. The van der Waals surface area contributed by atoms with Gasteiger partial charge in [-0.25, -0.2) is 4.39 Å². The van der Waals surface area contributed by atoms with Crippen molar-refractivity contribution in [1.82, 2.24) is 4.90 Å². The fraction of sp³-hybridized carbons (Fsp3) is 0.300. The Morgan fingerprint density at radius 3 is 2.38 bits per heavy atom. The van der Waals surface area contributed by atoms with E-state index < -0.39 is 0 Å². The van der Waals surface area contributed by atoms with E-state index in [1.54, 1.807) is 19.2 Å². The molecule has 1 atom stereocenters. The summed E-state index contributed by atoms with van der Waals surface area (Å²) < 4.78 is 12.5. The van der Waals surface area contributed by atoms with Crippen molar-refractivity contribution in [3.63, 3.8) is 0 Å². The third-order valence-electron chi connectivity index (χ3n) is 2.13. The van der Waals surface area contributed by atoms with Crippen molar-refractivity contribution in [2.45, 2.75) is 13.0 Å². The first-order valence-corrected chi connectivity index (χ1v) is 4.08. The number of hydrogen-bond donors (Lipinski definition) is 0. The Kier molecular flexibility index (Phi) is 3.01. The number of carbonyl (C=O) groups is 1. The molecular weight excluding hydrogens is 169 g/mol. The minimum Gasteiger partial charge on any atom is -0.342 e. The van der Waals surface area contributed by atoms with E-state index in [-0.39, 0.29) is 11.9 Å². The molecule has 0 bridgehead atoms. The topological polar surface area (TPSA) is 20.3 Å². The molecule has 1 aromatic carbocycles. The summed E-state index contributed by atoms with van der Waals surface area (Å²) in [6, 6.07) is 6.13. The summed E-state index contributed by atoms with van der Waals surface area (Å²) in [5.74, 6) is -0.260. The second kappa shape index (κ2) is 4.03. The fourth-order valence-corrected chi connectivity index (χ4v) is 1.07. The van der Waals surface area contributed by atoms with Gasteiger partial charge in [0, 0.05) is 7.05 Å². The molecule has 0 fully saturated rings. The number of halogens is 1. The molecule has 0 aliphatic rings. The maximum Gasteiger partial charge on any atom is 0.209 e. The third-order valence-corrected chi connectivity index (χ3v) is 2.13. The quantitative estimate of drug-likeness (QED) is 0.653. The lowest BCUT2D eigenvalue weighted by atomic mass is 10.1. The molecule has 0 radical (unpaired) electrons. The van der Waals surface area contributed by atoms with Crippen molar-refractivity contribution in [2.24, 2.45) is 0 Å². The van der Waals surface area contributed by atoms with Gasteiger partial charge in [-0.15, -0.1) is 0 Å². The minimum absolute atomic E-state index is 0.0156. The molecule has 1 unspecified atom stereocenters. The SMILES string of the molecule is CC(c1ccc(F)cc1)N(C)C=O. The summed E-state index contributed by atoms with van der Waals surface area (Å²) in [6.45, 7) is 1.89. The molecule has 1 aromatic rings. The van der Waals surface area contributed by atoms with Crippen LogP contribution in [0.15, 0.2) is 24.3 Å². The van der Waals surface area contributed by atoms with Crippen LogP contribution in [-0.2, 0) is 4.79 Å². The molecule has 1 amide bonds. The Labute approximate surface area is 77.0 Å². The molecule has 0 aliphatic carbocycles. The number of rotatable bonds is 3. The van der Waals surface area contributed by atoms with E-state index in [0.717, 1.165) is 12.0 Å². The van der Waals surface area contributed by atoms with Gasteiger partial charge in [0.25, 0.3) is 0 Å². The van der Waals surface area contributed by atoms with Gasteiger partial charge in [0.15, 0.2) is 0 Å². The predicted octanol–water partition coefficient (Wildman–Crippen LogP) is 1.97. The molecule has 0 aromatic heterocycles. The number of carbonyl (C=O) groups excluding carboxylic acids is 1. The van der Waals surface area contributed by atoms with E-state index in [4.69, 9.17) is 0 Å². The molecule has 1 rings (SSSR count). The first kappa shape index (κ1) is 9.71. The highest BCUT2D eigenvalue weighted by Gasteiger charge is 2.08. The third kappa shape index (κ3) is 2.28. The van der Waals surface area contributed by atoms with Gasteiger partial charge >= 0.3 is 0 Å². The van der Waals surface area contributed by atoms with Crippen LogP contribution in [0, 0.1) is 5.82 Å². The zero-order valence-electron chi connectivity index (χ0n) is 7.70. The van der Waals surface area contributed by atoms with Crippen LogP contribution < -0.4 is 0 Å². The van der Waals surface area contributed by atoms with E-state index in [1.165, 1.54) is 17.0 Å². The molecule has 3 heteroatoms. The van der Waals surface area contributed by atoms with Gasteiger partial charge in [0.1, 0.15) is 5.82 Å². The van der Waals surface area contributed by atoms with Gasteiger partial charge in [-0.05, 0) is 24.6 Å². The highest BCUT2D eigenvalue weighted by molar-refractivity contribution is 5.47. The van der Waals surface area contributed by atoms with Gasteiger partial charge in [-0.2, -0.15) is 0 Å². The summed E-state index contributed by atoms with van der Waals surface area (Å²) in [5.41, 5.74) is 0.927. The Balaban J connectivity index is 2.82. The van der Waals surface area contributed by atoms with Gasteiger partial charge in [0.05, 0.1) is 6.04 Å². The van der Waals surface area contributed by atoms with Crippen molar-refractivity contribution in [2.75, 3.05) is 7.05 Å². The molecule has 0 saturated carbocycles. The van der Waals surface area contributed by atoms with Crippen LogP contribution in [0.1, 0.15) is 18.5 Å². The van der Waals surface area contributed by atoms with Gasteiger partial charge in [-0.1, -0.05) is 12.1 Å². The Morgan fingerprint density at radius 2 is 1.92 bits per heavy atom. The van der Waals surface area contributed by atoms with Crippen LogP contribution in [0.25, 0.3) is 0 Å². The second-order valence-electron chi connectivity index (χ2n) is 3.00. The molecular formula is C10H12FNO. The maximum absolute atomic E-state index is 12.5. The summed E-state index contributed by atoms with van der Waals surface area (Å²) >= 11 is 0. The monoisotopic (exact) mass is 181 g/mol. The maximum atomic E-state index is 12.5. The zero-order valence-corrected chi connectivity index (χ0v) is 7.70. The first-order valence-electron chi connectivity index (χ1n) is 4.08. The fourth-order valence-electron chi connectivity index (χ4n) is 1.07. The van der Waals surface area contributed by atoms with E-state index in [2.05, 4.69) is 0 Å². The predicted molar refractivity (Wildman–Crippen MR) is 48.6 cm³/mol. The second-order valence-corrected chi connectivity index (χ2v) is 3.00. The highest BCUT2D eigenvalue weighted by atomic mass is 19.1. The summed E-state index contributed by atoms with van der Waals surface area (Å²) in [4.78, 5) is 12.0. The summed E-state index contributed by atoms with van der Waals surface area (Å²) in [5, 5.41) is 0. The van der Waals surface area contributed by atoms with Gasteiger partial charge in [-0.3, -0.25) is 4.79 Å². The first-order chi connectivity index (χ1) is 6.15. The van der Waals surface area contributed by atoms with Crippen LogP contribution in [-0.4, -0.2) is 18.4 Å². The largest absolute Gasteiger partial charge is 0.342 e. The molecule has 0 spiro atoms. The normalized spacial score (nSPS) is 12.2. The molecule has 0 aliphatic heterocycles. The lowest BCUT2D eigenvalue weighted by Crippen LogP contribution is -2.20. The average Bonchev–Trinajstić information content (AvgIpc) is 2.17. The Hall–Kier alpha value is -1.38. The van der Waals surface area contributed by atoms with E-state index in [1.807, 2.05) is 6.92 Å². The van der Waals surface area contributed by atoms with E-state index >= 15 is 0 Å². The van der Waals surface area contributed by atoms with Crippen molar-refractivity contribution >= 4 is 6.41 Å². The lowest BCUT2D eigenvalue weighted by Gasteiger charge is -2.20. The standard InChI is InChI=1S/C10H12FNO/c1-8(12(2)7-13)9-3-5-10(11)6-4-9/h3-8H,1-2H3. The van der Waals surface area contributed by atoms with Crippen molar-refractivity contribution in [3.8, 4) is 0 Å². The van der Waals surface area contributed by atoms with E-state index in [9.17, 15) is 9.18 Å².